The van der Waals surface area contributed by atoms with Crippen LogP contribution >= 0.6 is 12.2 Å². The minimum absolute atomic E-state index is 0.0786. The molecule has 0 aliphatic rings. The highest BCUT2D eigenvalue weighted by Crippen LogP contribution is 2.28. The lowest BCUT2D eigenvalue weighted by Gasteiger charge is -2.13. The van der Waals surface area contributed by atoms with Crippen molar-refractivity contribution in [2.24, 2.45) is 10.8 Å². The summed E-state index contributed by atoms with van der Waals surface area (Å²) in [6.45, 7) is 5.68. The predicted octanol–water partition coefficient (Wildman–Crippen LogP) is 1.58. The molecule has 126 valence electrons. The van der Waals surface area contributed by atoms with Crippen LogP contribution in [-0.2, 0) is 9.53 Å². The third-order valence-electron chi connectivity index (χ3n) is 2.37. The monoisotopic (exact) mass is 339 g/mol. The average molecular weight is 339 g/mol. The zero-order valence-corrected chi connectivity index (χ0v) is 14.2. The zero-order chi connectivity index (χ0) is 17.2. The molecule has 23 heavy (non-hydrogen) atoms. The maximum atomic E-state index is 11.5. The number of thiocarbonyl (C=S) groups is 1. The minimum Gasteiger partial charge on any atom is -0.490 e. The van der Waals surface area contributed by atoms with E-state index in [1.165, 1.54) is 0 Å². The van der Waals surface area contributed by atoms with Crippen LogP contribution in [0.3, 0.4) is 0 Å². The lowest BCUT2D eigenvalue weighted by Crippen LogP contribution is -2.24. The molecule has 1 aromatic carbocycles. The molecule has 8 heteroatoms. The predicted molar refractivity (Wildman–Crippen MR) is 91.8 cm³/mol. The van der Waals surface area contributed by atoms with Gasteiger partial charge in [0.25, 0.3) is 0 Å². The van der Waals surface area contributed by atoms with Crippen molar-refractivity contribution in [2.75, 3.05) is 13.2 Å². The van der Waals surface area contributed by atoms with Crippen molar-refractivity contribution < 1.29 is 19.0 Å². The Morgan fingerprint density at radius 3 is 2.74 bits per heavy atom. The lowest BCUT2D eigenvalue weighted by atomic mass is 10.2. The topological polar surface area (TPSA) is 95.2 Å². The van der Waals surface area contributed by atoms with Gasteiger partial charge in [0, 0.05) is 0 Å². The molecule has 0 radical (unpaired) electrons. The molecule has 0 bridgehead atoms. The number of nitrogens with one attached hydrogen (secondary N) is 1. The van der Waals surface area contributed by atoms with Gasteiger partial charge in [-0.1, -0.05) is 0 Å². The molecule has 1 rings (SSSR count). The SMILES string of the molecule is CCOc1cc(C=NNC(N)=S)ccc1OCC(=O)OC(C)C. The van der Waals surface area contributed by atoms with E-state index in [0.717, 1.165) is 5.56 Å². The number of nitrogens with zero attached hydrogens (tertiary/aromatic N) is 1. The van der Waals surface area contributed by atoms with E-state index >= 15 is 0 Å². The number of nitrogens with two attached hydrogens (primary N) is 1. The Morgan fingerprint density at radius 1 is 1.39 bits per heavy atom. The van der Waals surface area contributed by atoms with E-state index in [4.69, 9.17) is 19.9 Å². The van der Waals surface area contributed by atoms with E-state index < -0.39 is 5.97 Å². The van der Waals surface area contributed by atoms with Gasteiger partial charge in [-0.15, -0.1) is 0 Å². The third-order valence-corrected chi connectivity index (χ3v) is 2.46. The molecular weight excluding hydrogens is 318 g/mol. The highest BCUT2D eigenvalue weighted by Gasteiger charge is 2.10. The van der Waals surface area contributed by atoms with Crippen LogP contribution in [0.1, 0.15) is 26.3 Å². The Kier molecular flexibility index (Phi) is 7.82. The zero-order valence-electron chi connectivity index (χ0n) is 13.4. The second-order valence-corrected chi connectivity index (χ2v) is 5.14. The van der Waals surface area contributed by atoms with Crippen molar-refractivity contribution >= 4 is 29.5 Å². The van der Waals surface area contributed by atoms with Crippen molar-refractivity contribution in [1.82, 2.24) is 5.43 Å². The first kappa shape index (κ1) is 18.7. The van der Waals surface area contributed by atoms with Gasteiger partial charge in [-0.05, 0) is 56.8 Å². The molecule has 1 aromatic rings. The molecule has 7 nitrogen and oxygen atoms in total. The van der Waals surface area contributed by atoms with Gasteiger partial charge in [0.2, 0.25) is 0 Å². The highest BCUT2D eigenvalue weighted by molar-refractivity contribution is 7.80. The second kappa shape index (κ2) is 9.62. The minimum atomic E-state index is -0.436. The normalized spacial score (nSPS) is 10.6. The Hall–Kier alpha value is -2.35. The summed E-state index contributed by atoms with van der Waals surface area (Å²) in [6.07, 6.45) is 1.36. The van der Waals surface area contributed by atoms with Crippen LogP contribution in [0, 0.1) is 0 Å². The van der Waals surface area contributed by atoms with Crippen LogP contribution < -0.4 is 20.6 Å². The summed E-state index contributed by atoms with van der Waals surface area (Å²) in [5.41, 5.74) is 8.50. The molecule has 0 amide bonds. The van der Waals surface area contributed by atoms with Crippen molar-refractivity contribution in [3.63, 3.8) is 0 Å². The molecule has 0 aromatic heterocycles. The molecule has 0 heterocycles. The van der Waals surface area contributed by atoms with E-state index in [-0.39, 0.29) is 17.8 Å². The number of carbonyl (C=O) groups is 1. The first-order valence-electron chi connectivity index (χ1n) is 7.10. The molecule has 0 aliphatic heterocycles. The molecule has 3 N–H and O–H groups in total. The molecule has 0 aliphatic carbocycles. The van der Waals surface area contributed by atoms with Gasteiger partial charge in [-0.2, -0.15) is 5.10 Å². The summed E-state index contributed by atoms with van der Waals surface area (Å²) in [6, 6.07) is 5.18. The number of hydrazone groups is 1. The van der Waals surface area contributed by atoms with E-state index in [1.807, 2.05) is 6.92 Å². The van der Waals surface area contributed by atoms with E-state index in [0.29, 0.717) is 18.1 Å². The number of esters is 1. The molecule has 0 spiro atoms. The van der Waals surface area contributed by atoms with E-state index in [2.05, 4.69) is 22.7 Å². The van der Waals surface area contributed by atoms with Crippen molar-refractivity contribution in [1.29, 1.82) is 0 Å². The maximum Gasteiger partial charge on any atom is 0.344 e. The van der Waals surface area contributed by atoms with Crippen LogP contribution in [0.15, 0.2) is 23.3 Å². The fourth-order valence-corrected chi connectivity index (χ4v) is 1.65. The van der Waals surface area contributed by atoms with Crippen LogP contribution in [0.4, 0.5) is 0 Å². The molecule has 0 saturated heterocycles. The summed E-state index contributed by atoms with van der Waals surface area (Å²) in [7, 11) is 0. The number of hydrogen-bond acceptors (Lipinski definition) is 6. The Labute approximate surface area is 140 Å². The number of benzene rings is 1. The first-order valence-corrected chi connectivity index (χ1v) is 7.50. The first-order chi connectivity index (χ1) is 10.9. The Morgan fingerprint density at radius 2 is 2.13 bits per heavy atom. The molecule has 0 fully saturated rings. The number of carbonyl (C=O) groups excluding carboxylic acids is 1. The largest absolute Gasteiger partial charge is 0.490 e. The molecule has 0 saturated carbocycles. The Balaban J connectivity index is 2.77. The van der Waals surface area contributed by atoms with Gasteiger partial charge in [0.05, 0.1) is 18.9 Å². The van der Waals surface area contributed by atoms with Crippen molar-refractivity contribution in [2.45, 2.75) is 26.9 Å². The average Bonchev–Trinajstić information content (AvgIpc) is 2.45. The second-order valence-electron chi connectivity index (χ2n) is 4.70. The summed E-state index contributed by atoms with van der Waals surface area (Å²) < 4.78 is 16.0. The fourth-order valence-electron chi connectivity index (χ4n) is 1.60. The smallest absolute Gasteiger partial charge is 0.344 e. The van der Waals surface area contributed by atoms with Crippen LogP contribution in [0.5, 0.6) is 11.5 Å². The van der Waals surface area contributed by atoms with Gasteiger partial charge in [0.15, 0.2) is 23.2 Å². The highest BCUT2D eigenvalue weighted by atomic mass is 32.1. The number of rotatable bonds is 8. The Bertz CT molecular complexity index is 576. The van der Waals surface area contributed by atoms with Crippen LogP contribution in [-0.4, -0.2) is 36.6 Å². The van der Waals surface area contributed by atoms with Crippen LogP contribution in [0.2, 0.25) is 0 Å². The molecular formula is C15H21N3O4S. The van der Waals surface area contributed by atoms with Gasteiger partial charge in [-0.3, -0.25) is 5.43 Å². The number of hydrogen-bond donors (Lipinski definition) is 2. The van der Waals surface area contributed by atoms with Crippen molar-refractivity contribution in [3.8, 4) is 11.5 Å². The van der Waals surface area contributed by atoms with Gasteiger partial charge in [-0.25, -0.2) is 4.79 Å². The summed E-state index contributed by atoms with van der Waals surface area (Å²) >= 11 is 4.65. The van der Waals surface area contributed by atoms with E-state index in [1.54, 1.807) is 38.3 Å². The number of ether oxygens (including phenoxy) is 3. The lowest BCUT2D eigenvalue weighted by molar-refractivity contribution is -0.149. The standard InChI is InChI=1S/C15H21N3O4S/c1-4-20-13-7-11(8-17-18-15(16)23)5-6-12(13)21-9-14(19)22-10(2)3/h5-8,10H,4,9H2,1-3H3,(H3,16,18,23). The third kappa shape index (κ3) is 7.46. The van der Waals surface area contributed by atoms with E-state index in [9.17, 15) is 4.79 Å². The summed E-state index contributed by atoms with van der Waals surface area (Å²) in [5.74, 6) is 0.518. The quantitative estimate of drug-likeness (QED) is 0.321. The summed E-state index contributed by atoms with van der Waals surface area (Å²) in [5, 5.41) is 3.95. The van der Waals surface area contributed by atoms with Gasteiger partial charge >= 0.3 is 5.97 Å². The summed E-state index contributed by atoms with van der Waals surface area (Å²) in [4.78, 5) is 11.5. The molecule has 0 atom stereocenters. The maximum absolute atomic E-state index is 11.5. The fraction of sp³-hybridized carbons (Fsp3) is 0.400. The molecule has 0 unspecified atom stereocenters. The van der Waals surface area contributed by atoms with Gasteiger partial charge in [0.1, 0.15) is 0 Å². The van der Waals surface area contributed by atoms with Crippen molar-refractivity contribution in [3.05, 3.63) is 23.8 Å². The van der Waals surface area contributed by atoms with Crippen LogP contribution in [0.25, 0.3) is 0 Å². The van der Waals surface area contributed by atoms with Gasteiger partial charge < -0.3 is 19.9 Å².